The fourth-order valence-corrected chi connectivity index (χ4v) is 2.51. The van der Waals surface area contributed by atoms with Crippen molar-refractivity contribution in [3.63, 3.8) is 0 Å². The molecule has 0 radical (unpaired) electrons. The molecule has 3 amide bonds. The van der Waals surface area contributed by atoms with E-state index >= 15 is 0 Å². The molecule has 118 valence electrons. The first-order valence-corrected chi connectivity index (χ1v) is 7.51. The van der Waals surface area contributed by atoms with Crippen LogP contribution in [0.15, 0.2) is 54.9 Å². The van der Waals surface area contributed by atoms with Gasteiger partial charge in [0.05, 0.1) is 0 Å². The van der Waals surface area contributed by atoms with Gasteiger partial charge in [0, 0.05) is 37.7 Å². The zero-order valence-electron chi connectivity index (χ0n) is 12.7. The molecule has 1 aromatic carbocycles. The van der Waals surface area contributed by atoms with Crippen molar-refractivity contribution in [2.24, 2.45) is 0 Å². The fraction of sp³-hybridized carbons (Fsp3) is 0.235. The number of carbonyl (C=O) groups excluding carboxylic acids is 2. The van der Waals surface area contributed by atoms with Crippen LogP contribution in [0.3, 0.4) is 0 Å². The van der Waals surface area contributed by atoms with Crippen LogP contribution in [0.25, 0.3) is 0 Å². The van der Waals surface area contributed by atoms with Gasteiger partial charge in [-0.05, 0) is 29.8 Å². The van der Waals surface area contributed by atoms with Crippen molar-refractivity contribution in [2.75, 3.05) is 24.5 Å². The van der Waals surface area contributed by atoms with Crippen LogP contribution >= 0.6 is 0 Å². The Hall–Kier alpha value is -2.89. The minimum atomic E-state index is -0.162. The third-order valence-electron chi connectivity index (χ3n) is 3.74. The average Bonchev–Trinajstić information content (AvgIpc) is 2.95. The van der Waals surface area contributed by atoms with Crippen LogP contribution in [-0.4, -0.2) is 41.5 Å². The number of benzene rings is 1. The van der Waals surface area contributed by atoms with E-state index in [-0.39, 0.29) is 18.5 Å². The Morgan fingerprint density at radius 1 is 1.09 bits per heavy atom. The molecule has 0 saturated carbocycles. The Morgan fingerprint density at radius 3 is 2.57 bits per heavy atom. The molecule has 1 aliphatic rings. The zero-order chi connectivity index (χ0) is 16.1. The van der Waals surface area contributed by atoms with Crippen LogP contribution < -0.4 is 10.2 Å². The van der Waals surface area contributed by atoms with Gasteiger partial charge in [-0.3, -0.25) is 14.7 Å². The SMILES string of the molecule is O=C(CN1CCN(c2ccccc2)C1=O)NCc1ccncc1. The Bertz CT molecular complexity index is 676. The van der Waals surface area contributed by atoms with E-state index in [1.54, 1.807) is 22.2 Å². The van der Waals surface area contributed by atoms with Crippen molar-refractivity contribution in [3.05, 3.63) is 60.4 Å². The van der Waals surface area contributed by atoms with Crippen LogP contribution in [0.4, 0.5) is 10.5 Å². The van der Waals surface area contributed by atoms with Crippen molar-refractivity contribution < 1.29 is 9.59 Å². The highest BCUT2D eigenvalue weighted by molar-refractivity contribution is 5.96. The third-order valence-corrected chi connectivity index (χ3v) is 3.74. The van der Waals surface area contributed by atoms with Crippen LogP contribution in [0.5, 0.6) is 0 Å². The van der Waals surface area contributed by atoms with Crippen LogP contribution in [0.1, 0.15) is 5.56 Å². The lowest BCUT2D eigenvalue weighted by molar-refractivity contribution is -0.121. The number of hydrogen-bond acceptors (Lipinski definition) is 3. The first-order chi connectivity index (χ1) is 11.2. The highest BCUT2D eigenvalue weighted by Gasteiger charge is 2.30. The number of para-hydroxylation sites is 1. The smallest absolute Gasteiger partial charge is 0.325 e. The molecule has 1 N–H and O–H groups in total. The summed E-state index contributed by atoms with van der Waals surface area (Å²) in [7, 11) is 0. The molecular formula is C17H18N4O2. The van der Waals surface area contributed by atoms with E-state index in [9.17, 15) is 9.59 Å². The summed E-state index contributed by atoms with van der Waals surface area (Å²) in [4.78, 5) is 31.6. The topological polar surface area (TPSA) is 65.5 Å². The molecule has 0 unspecified atom stereocenters. The molecule has 2 aromatic rings. The first-order valence-electron chi connectivity index (χ1n) is 7.51. The predicted molar refractivity (Wildman–Crippen MR) is 86.8 cm³/mol. The van der Waals surface area contributed by atoms with Gasteiger partial charge in [-0.1, -0.05) is 18.2 Å². The van der Waals surface area contributed by atoms with Gasteiger partial charge in [0.15, 0.2) is 0 Å². The monoisotopic (exact) mass is 310 g/mol. The van der Waals surface area contributed by atoms with Gasteiger partial charge in [-0.2, -0.15) is 0 Å². The van der Waals surface area contributed by atoms with E-state index in [4.69, 9.17) is 0 Å². The number of urea groups is 1. The lowest BCUT2D eigenvalue weighted by Crippen LogP contribution is -2.39. The summed E-state index contributed by atoms with van der Waals surface area (Å²) < 4.78 is 0. The standard InChI is InChI=1S/C17H18N4O2/c22-16(19-12-14-6-8-18-9-7-14)13-20-10-11-21(17(20)23)15-4-2-1-3-5-15/h1-9H,10-13H2,(H,19,22). The molecule has 1 aliphatic heterocycles. The second kappa shape index (κ2) is 6.91. The molecule has 0 spiro atoms. The van der Waals surface area contributed by atoms with E-state index in [1.165, 1.54) is 0 Å². The maximum absolute atomic E-state index is 12.4. The molecule has 1 saturated heterocycles. The molecule has 6 nitrogen and oxygen atoms in total. The zero-order valence-corrected chi connectivity index (χ0v) is 12.7. The van der Waals surface area contributed by atoms with E-state index in [0.29, 0.717) is 19.6 Å². The van der Waals surface area contributed by atoms with E-state index in [1.807, 2.05) is 42.5 Å². The van der Waals surface area contributed by atoms with Gasteiger partial charge in [-0.25, -0.2) is 4.79 Å². The van der Waals surface area contributed by atoms with Gasteiger partial charge in [-0.15, -0.1) is 0 Å². The number of rotatable bonds is 5. The van der Waals surface area contributed by atoms with Crippen LogP contribution in [0.2, 0.25) is 0 Å². The summed E-state index contributed by atoms with van der Waals surface area (Å²) in [6.07, 6.45) is 3.37. The molecule has 3 rings (SSSR count). The predicted octanol–water partition coefficient (Wildman–Crippen LogP) is 1.64. The Labute approximate surface area is 134 Å². The average molecular weight is 310 g/mol. The number of nitrogens with zero attached hydrogens (tertiary/aromatic N) is 3. The summed E-state index contributed by atoms with van der Waals surface area (Å²) in [5, 5.41) is 2.82. The molecule has 0 atom stereocenters. The normalized spacial score (nSPS) is 14.2. The molecule has 1 fully saturated rings. The molecule has 0 bridgehead atoms. The molecule has 0 aliphatic carbocycles. The summed E-state index contributed by atoms with van der Waals surface area (Å²) >= 11 is 0. The van der Waals surface area contributed by atoms with Gasteiger partial charge >= 0.3 is 6.03 Å². The number of nitrogens with one attached hydrogen (secondary N) is 1. The number of amides is 3. The molecule has 1 aromatic heterocycles. The molecule has 2 heterocycles. The molecule has 6 heteroatoms. The molecule has 23 heavy (non-hydrogen) atoms. The second-order valence-electron chi connectivity index (χ2n) is 5.32. The Balaban J connectivity index is 1.52. The van der Waals surface area contributed by atoms with Crippen LogP contribution in [-0.2, 0) is 11.3 Å². The van der Waals surface area contributed by atoms with Crippen molar-refractivity contribution in [3.8, 4) is 0 Å². The minimum absolute atomic E-state index is 0.0766. The van der Waals surface area contributed by atoms with E-state index < -0.39 is 0 Å². The molecular weight excluding hydrogens is 292 g/mol. The number of hydrogen-bond donors (Lipinski definition) is 1. The maximum Gasteiger partial charge on any atom is 0.325 e. The Kier molecular flexibility index (Phi) is 4.52. The summed E-state index contributed by atoms with van der Waals surface area (Å²) in [5.41, 5.74) is 1.84. The largest absolute Gasteiger partial charge is 0.350 e. The first kappa shape index (κ1) is 15.0. The quantitative estimate of drug-likeness (QED) is 0.913. The van der Waals surface area contributed by atoms with Crippen molar-refractivity contribution in [1.82, 2.24) is 15.2 Å². The van der Waals surface area contributed by atoms with E-state index in [0.717, 1.165) is 11.3 Å². The third kappa shape index (κ3) is 3.66. The fourth-order valence-electron chi connectivity index (χ4n) is 2.51. The highest BCUT2D eigenvalue weighted by Crippen LogP contribution is 2.19. The second-order valence-corrected chi connectivity index (χ2v) is 5.32. The number of aromatic nitrogens is 1. The summed E-state index contributed by atoms with van der Waals surface area (Å²) in [6, 6.07) is 13.1. The van der Waals surface area contributed by atoms with Crippen molar-refractivity contribution in [2.45, 2.75) is 6.54 Å². The van der Waals surface area contributed by atoms with Crippen molar-refractivity contribution in [1.29, 1.82) is 0 Å². The van der Waals surface area contributed by atoms with Gasteiger partial charge in [0.1, 0.15) is 6.54 Å². The van der Waals surface area contributed by atoms with Gasteiger partial charge in [0.2, 0.25) is 5.91 Å². The minimum Gasteiger partial charge on any atom is -0.350 e. The number of carbonyl (C=O) groups is 2. The lowest BCUT2D eigenvalue weighted by atomic mass is 10.3. The summed E-state index contributed by atoms with van der Waals surface area (Å²) in [5.74, 6) is -0.162. The van der Waals surface area contributed by atoms with Gasteiger partial charge < -0.3 is 10.2 Å². The highest BCUT2D eigenvalue weighted by atomic mass is 16.2. The van der Waals surface area contributed by atoms with Gasteiger partial charge in [0.25, 0.3) is 0 Å². The Morgan fingerprint density at radius 2 is 1.83 bits per heavy atom. The van der Waals surface area contributed by atoms with E-state index in [2.05, 4.69) is 10.3 Å². The lowest BCUT2D eigenvalue weighted by Gasteiger charge is -2.18. The van der Waals surface area contributed by atoms with Crippen molar-refractivity contribution >= 4 is 17.6 Å². The van der Waals surface area contributed by atoms with Crippen LogP contribution in [0, 0.1) is 0 Å². The maximum atomic E-state index is 12.4. The number of pyridine rings is 1. The summed E-state index contributed by atoms with van der Waals surface area (Å²) in [6.45, 7) is 1.66. The number of anilines is 1.